The summed E-state index contributed by atoms with van der Waals surface area (Å²) < 4.78 is 10.8. The van der Waals surface area contributed by atoms with Crippen LogP contribution in [0.15, 0.2) is 77.5 Å². The number of carbonyl (C=O) groups excluding carboxylic acids is 3. The molecule has 3 amide bonds. The Bertz CT molecular complexity index is 1390. The predicted octanol–water partition coefficient (Wildman–Crippen LogP) is 5.44. The minimum absolute atomic E-state index is 0.136. The van der Waals surface area contributed by atoms with Crippen LogP contribution >= 0.6 is 23.2 Å². The molecule has 2 N–H and O–H groups in total. The zero-order valence-electron chi connectivity index (χ0n) is 19.3. The van der Waals surface area contributed by atoms with Gasteiger partial charge in [-0.2, -0.15) is 0 Å². The Morgan fingerprint density at radius 3 is 2.47 bits per heavy atom. The average Bonchev–Trinajstić information content (AvgIpc) is 3.08. The van der Waals surface area contributed by atoms with Crippen molar-refractivity contribution in [3.05, 3.63) is 88.0 Å². The first-order valence-electron chi connectivity index (χ1n) is 10.9. The standard InChI is InChI=1S/C26H21Cl2N3O5/c1-3-36-20-10-5-4-9-18(20)30-24(32)15-7-6-8-17(13-15)29-23-22(28)25(33)31(26(23)34)19-14-16(27)11-12-21(19)35-2/h4-14,29H,3H2,1-2H3,(H,30,32). The van der Waals surface area contributed by atoms with Crippen molar-refractivity contribution >= 4 is 58.0 Å². The number of anilines is 3. The van der Waals surface area contributed by atoms with E-state index in [0.29, 0.717) is 34.3 Å². The number of benzene rings is 3. The van der Waals surface area contributed by atoms with Crippen LogP contribution in [0.25, 0.3) is 0 Å². The molecule has 10 heteroatoms. The topological polar surface area (TPSA) is 97.0 Å². The molecule has 0 fully saturated rings. The lowest BCUT2D eigenvalue weighted by Gasteiger charge is -2.18. The molecule has 0 saturated heterocycles. The van der Waals surface area contributed by atoms with Gasteiger partial charge in [-0.1, -0.05) is 41.4 Å². The number of nitrogens with zero attached hydrogens (tertiary/aromatic N) is 1. The molecule has 0 atom stereocenters. The molecule has 3 aromatic rings. The van der Waals surface area contributed by atoms with Crippen molar-refractivity contribution in [2.75, 3.05) is 29.3 Å². The molecule has 0 spiro atoms. The number of rotatable bonds is 8. The summed E-state index contributed by atoms with van der Waals surface area (Å²) in [5.41, 5.74) is 1.25. The molecule has 4 rings (SSSR count). The smallest absolute Gasteiger partial charge is 0.283 e. The normalized spacial score (nSPS) is 13.2. The Balaban J connectivity index is 1.56. The average molecular weight is 526 g/mol. The van der Waals surface area contributed by atoms with Crippen LogP contribution in [0.2, 0.25) is 5.02 Å². The lowest BCUT2D eigenvalue weighted by Crippen LogP contribution is -2.32. The summed E-state index contributed by atoms with van der Waals surface area (Å²) in [4.78, 5) is 39.8. The number of imide groups is 1. The van der Waals surface area contributed by atoms with Crippen LogP contribution in [-0.4, -0.2) is 31.4 Å². The van der Waals surface area contributed by atoms with Gasteiger partial charge in [0.2, 0.25) is 0 Å². The van der Waals surface area contributed by atoms with Crippen LogP contribution < -0.4 is 25.0 Å². The van der Waals surface area contributed by atoms with E-state index < -0.39 is 11.8 Å². The summed E-state index contributed by atoms with van der Waals surface area (Å²) in [6, 6.07) is 18.1. The van der Waals surface area contributed by atoms with Gasteiger partial charge in [-0.25, -0.2) is 4.90 Å². The molecular formula is C26H21Cl2N3O5. The van der Waals surface area contributed by atoms with E-state index in [-0.39, 0.29) is 28.1 Å². The molecule has 0 unspecified atom stereocenters. The van der Waals surface area contributed by atoms with Crippen LogP contribution in [0.3, 0.4) is 0 Å². The van der Waals surface area contributed by atoms with Crippen molar-refractivity contribution in [2.45, 2.75) is 6.92 Å². The number of halogens is 2. The molecule has 1 heterocycles. The van der Waals surface area contributed by atoms with Gasteiger partial charge in [0.05, 0.1) is 25.1 Å². The van der Waals surface area contributed by atoms with E-state index in [2.05, 4.69) is 10.6 Å². The fraction of sp³-hybridized carbons (Fsp3) is 0.115. The van der Waals surface area contributed by atoms with Crippen molar-refractivity contribution in [3.63, 3.8) is 0 Å². The van der Waals surface area contributed by atoms with Crippen LogP contribution in [0.4, 0.5) is 17.1 Å². The summed E-state index contributed by atoms with van der Waals surface area (Å²) in [7, 11) is 1.41. The maximum absolute atomic E-state index is 13.2. The van der Waals surface area contributed by atoms with Crippen molar-refractivity contribution in [1.82, 2.24) is 0 Å². The van der Waals surface area contributed by atoms with Crippen molar-refractivity contribution in [2.24, 2.45) is 0 Å². The molecule has 36 heavy (non-hydrogen) atoms. The summed E-state index contributed by atoms with van der Waals surface area (Å²) in [5.74, 6) is -0.980. The maximum atomic E-state index is 13.2. The maximum Gasteiger partial charge on any atom is 0.283 e. The second-order valence-electron chi connectivity index (χ2n) is 7.54. The Labute approximate surface area is 217 Å². The van der Waals surface area contributed by atoms with Gasteiger partial charge in [0, 0.05) is 16.3 Å². The highest BCUT2D eigenvalue weighted by molar-refractivity contribution is 6.53. The minimum Gasteiger partial charge on any atom is -0.495 e. The van der Waals surface area contributed by atoms with Crippen molar-refractivity contribution in [1.29, 1.82) is 0 Å². The molecular weight excluding hydrogens is 505 g/mol. The molecule has 8 nitrogen and oxygen atoms in total. The highest BCUT2D eigenvalue weighted by atomic mass is 35.5. The van der Waals surface area contributed by atoms with E-state index in [9.17, 15) is 14.4 Å². The van der Waals surface area contributed by atoms with Gasteiger partial charge < -0.3 is 20.1 Å². The van der Waals surface area contributed by atoms with Gasteiger partial charge in [0.1, 0.15) is 22.2 Å². The van der Waals surface area contributed by atoms with Crippen molar-refractivity contribution in [3.8, 4) is 11.5 Å². The Morgan fingerprint density at radius 2 is 1.72 bits per heavy atom. The molecule has 3 aromatic carbocycles. The monoisotopic (exact) mass is 525 g/mol. The van der Waals surface area contributed by atoms with E-state index in [4.69, 9.17) is 32.7 Å². The summed E-state index contributed by atoms with van der Waals surface area (Å²) in [6.45, 7) is 2.30. The fourth-order valence-corrected chi connectivity index (χ4v) is 3.98. The molecule has 0 aromatic heterocycles. The number of amides is 3. The number of methoxy groups -OCH3 is 1. The van der Waals surface area contributed by atoms with E-state index in [1.807, 2.05) is 13.0 Å². The zero-order chi connectivity index (χ0) is 25.8. The number of hydrogen-bond donors (Lipinski definition) is 2. The quantitative estimate of drug-likeness (QED) is 0.380. The second-order valence-corrected chi connectivity index (χ2v) is 8.35. The van der Waals surface area contributed by atoms with Crippen molar-refractivity contribution < 1.29 is 23.9 Å². The van der Waals surface area contributed by atoms with Crippen LogP contribution in [-0.2, 0) is 9.59 Å². The van der Waals surface area contributed by atoms with Gasteiger partial charge in [-0.05, 0) is 55.5 Å². The molecule has 0 aliphatic carbocycles. The molecule has 0 saturated carbocycles. The van der Waals surface area contributed by atoms with Crippen LogP contribution in [0, 0.1) is 0 Å². The molecule has 184 valence electrons. The third kappa shape index (κ3) is 5.00. The Morgan fingerprint density at radius 1 is 0.944 bits per heavy atom. The third-order valence-electron chi connectivity index (χ3n) is 5.24. The molecule has 0 bridgehead atoms. The number of hydrogen-bond acceptors (Lipinski definition) is 6. The summed E-state index contributed by atoms with van der Waals surface area (Å²) >= 11 is 12.3. The first kappa shape index (κ1) is 25.1. The van der Waals surface area contributed by atoms with E-state index >= 15 is 0 Å². The largest absolute Gasteiger partial charge is 0.495 e. The fourth-order valence-electron chi connectivity index (χ4n) is 3.60. The Kier molecular flexibility index (Phi) is 7.47. The highest BCUT2D eigenvalue weighted by Crippen LogP contribution is 2.37. The van der Waals surface area contributed by atoms with Gasteiger partial charge in [-0.15, -0.1) is 0 Å². The molecule has 1 aliphatic rings. The van der Waals surface area contributed by atoms with Gasteiger partial charge in [-0.3, -0.25) is 14.4 Å². The van der Waals surface area contributed by atoms with E-state index in [1.54, 1.807) is 48.5 Å². The minimum atomic E-state index is -0.730. The third-order valence-corrected chi connectivity index (χ3v) is 5.82. The lowest BCUT2D eigenvalue weighted by atomic mass is 10.1. The molecule has 1 aliphatic heterocycles. The SMILES string of the molecule is CCOc1ccccc1NC(=O)c1cccc(NC2=C(Cl)C(=O)N(c3cc(Cl)ccc3OC)C2=O)c1. The molecule has 0 radical (unpaired) electrons. The van der Waals surface area contributed by atoms with Crippen LogP contribution in [0.5, 0.6) is 11.5 Å². The summed E-state index contributed by atoms with van der Waals surface area (Å²) in [5, 5.41) is 5.70. The van der Waals surface area contributed by atoms with Gasteiger partial charge in [0.25, 0.3) is 17.7 Å². The first-order valence-corrected chi connectivity index (χ1v) is 11.6. The number of nitrogens with one attached hydrogen (secondary N) is 2. The van der Waals surface area contributed by atoms with E-state index in [0.717, 1.165) is 4.90 Å². The lowest BCUT2D eigenvalue weighted by molar-refractivity contribution is -0.120. The first-order chi connectivity index (χ1) is 17.3. The number of carbonyl (C=O) groups is 3. The van der Waals surface area contributed by atoms with Gasteiger partial charge >= 0.3 is 0 Å². The van der Waals surface area contributed by atoms with Crippen LogP contribution in [0.1, 0.15) is 17.3 Å². The van der Waals surface area contributed by atoms with Gasteiger partial charge in [0.15, 0.2) is 0 Å². The zero-order valence-corrected chi connectivity index (χ0v) is 20.8. The highest BCUT2D eigenvalue weighted by Gasteiger charge is 2.40. The van der Waals surface area contributed by atoms with E-state index in [1.165, 1.54) is 19.2 Å². The Hall–Kier alpha value is -4.01. The second kappa shape index (κ2) is 10.7. The number of para-hydroxylation sites is 2. The number of ether oxygens (including phenoxy) is 2. The summed E-state index contributed by atoms with van der Waals surface area (Å²) in [6.07, 6.45) is 0. The predicted molar refractivity (Wildman–Crippen MR) is 139 cm³/mol.